The normalized spacial score (nSPS) is 11.7. The molecule has 0 rings (SSSR count). The SMILES string of the molecule is C=CC(C)=CCCCCCCC. The molecule has 70 valence electrons. The topological polar surface area (TPSA) is 0 Å². The lowest BCUT2D eigenvalue weighted by Gasteiger charge is -1.96. The molecule has 0 aromatic rings. The highest BCUT2D eigenvalue weighted by atomic mass is 13.9. The van der Waals surface area contributed by atoms with E-state index in [4.69, 9.17) is 0 Å². The molecule has 0 unspecified atom stereocenters. The first kappa shape index (κ1) is 11.5. The molecule has 0 aliphatic carbocycles. The van der Waals surface area contributed by atoms with Gasteiger partial charge in [0.15, 0.2) is 0 Å². The molecular weight excluding hydrogens is 144 g/mol. The lowest BCUT2D eigenvalue weighted by Crippen LogP contribution is -1.76. The van der Waals surface area contributed by atoms with E-state index in [0.717, 1.165) is 0 Å². The van der Waals surface area contributed by atoms with E-state index in [2.05, 4.69) is 26.5 Å². The van der Waals surface area contributed by atoms with Crippen molar-refractivity contribution in [2.75, 3.05) is 0 Å². The third-order valence-electron chi connectivity index (χ3n) is 2.10. The quantitative estimate of drug-likeness (QED) is 0.386. The van der Waals surface area contributed by atoms with Crippen LogP contribution >= 0.6 is 0 Å². The molecule has 0 fully saturated rings. The van der Waals surface area contributed by atoms with Gasteiger partial charge in [0.05, 0.1) is 0 Å². The zero-order valence-corrected chi connectivity index (χ0v) is 8.60. The summed E-state index contributed by atoms with van der Waals surface area (Å²) >= 11 is 0. The van der Waals surface area contributed by atoms with Crippen molar-refractivity contribution in [1.82, 2.24) is 0 Å². The molecular formula is C12H22. The first-order valence-corrected chi connectivity index (χ1v) is 5.10. The van der Waals surface area contributed by atoms with Crippen LogP contribution in [0.1, 0.15) is 52.4 Å². The molecule has 0 aromatic heterocycles. The first-order valence-electron chi connectivity index (χ1n) is 5.10. The Morgan fingerprint density at radius 2 is 1.83 bits per heavy atom. The Kier molecular flexibility index (Phi) is 8.20. The van der Waals surface area contributed by atoms with Gasteiger partial charge in [-0.05, 0) is 19.8 Å². The molecule has 0 radical (unpaired) electrons. The van der Waals surface area contributed by atoms with Crippen LogP contribution < -0.4 is 0 Å². The molecule has 0 aromatic carbocycles. The van der Waals surface area contributed by atoms with Gasteiger partial charge in [-0.1, -0.05) is 56.9 Å². The monoisotopic (exact) mass is 166 g/mol. The number of hydrogen-bond donors (Lipinski definition) is 0. The summed E-state index contributed by atoms with van der Waals surface area (Å²) in [5.74, 6) is 0. The molecule has 0 aliphatic rings. The van der Waals surface area contributed by atoms with E-state index in [0.29, 0.717) is 0 Å². The van der Waals surface area contributed by atoms with Crippen molar-refractivity contribution in [2.24, 2.45) is 0 Å². The summed E-state index contributed by atoms with van der Waals surface area (Å²) in [7, 11) is 0. The van der Waals surface area contributed by atoms with Crippen molar-refractivity contribution < 1.29 is 0 Å². The predicted molar refractivity (Wildman–Crippen MR) is 57.3 cm³/mol. The summed E-state index contributed by atoms with van der Waals surface area (Å²) in [4.78, 5) is 0. The summed E-state index contributed by atoms with van der Waals surface area (Å²) < 4.78 is 0. The standard InChI is InChI=1S/C12H22/c1-4-6-7-8-9-10-11-12(3)5-2/h5,11H,2,4,6-10H2,1,3H3. The smallest absolute Gasteiger partial charge is 0.0345 e. The number of allylic oxidation sites excluding steroid dienone is 3. The van der Waals surface area contributed by atoms with Crippen LogP contribution in [-0.2, 0) is 0 Å². The third-order valence-corrected chi connectivity index (χ3v) is 2.10. The van der Waals surface area contributed by atoms with Gasteiger partial charge in [-0.2, -0.15) is 0 Å². The Morgan fingerprint density at radius 1 is 1.17 bits per heavy atom. The van der Waals surface area contributed by atoms with Gasteiger partial charge in [0.2, 0.25) is 0 Å². The molecule has 0 nitrogen and oxygen atoms in total. The van der Waals surface area contributed by atoms with Crippen LogP contribution in [0.4, 0.5) is 0 Å². The van der Waals surface area contributed by atoms with E-state index in [1.165, 1.54) is 44.1 Å². The Balaban J connectivity index is 3.15. The van der Waals surface area contributed by atoms with E-state index in [9.17, 15) is 0 Å². The molecule has 0 spiro atoms. The average Bonchev–Trinajstić information content (AvgIpc) is 2.10. The summed E-state index contributed by atoms with van der Waals surface area (Å²) in [5.41, 5.74) is 1.31. The van der Waals surface area contributed by atoms with Crippen molar-refractivity contribution in [1.29, 1.82) is 0 Å². The summed E-state index contributed by atoms with van der Waals surface area (Å²) in [5, 5.41) is 0. The molecule has 0 heterocycles. The second-order valence-electron chi connectivity index (χ2n) is 3.36. The molecule has 0 N–H and O–H groups in total. The van der Waals surface area contributed by atoms with Gasteiger partial charge in [0.1, 0.15) is 0 Å². The second-order valence-corrected chi connectivity index (χ2v) is 3.36. The van der Waals surface area contributed by atoms with E-state index in [1.807, 2.05) is 6.08 Å². The van der Waals surface area contributed by atoms with Crippen LogP contribution in [0.3, 0.4) is 0 Å². The maximum Gasteiger partial charge on any atom is -0.0345 e. The van der Waals surface area contributed by atoms with Crippen LogP contribution in [0.15, 0.2) is 24.3 Å². The van der Waals surface area contributed by atoms with Crippen molar-refractivity contribution in [3.63, 3.8) is 0 Å². The highest BCUT2D eigenvalue weighted by Gasteiger charge is 1.87. The molecule has 0 bridgehead atoms. The van der Waals surface area contributed by atoms with E-state index < -0.39 is 0 Å². The maximum atomic E-state index is 3.72. The minimum absolute atomic E-state index is 1.22. The molecule has 0 amide bonds. The highest BCUT2D eigenvalue weighted by molar-refractivity contribution is 5.12. The highest BCUT2D eigenvalue weighted by Crippen LogP contribution is 2.06. The van der Waals surface area contributed by atoms with Gasteiger partial charge in [0.25, 0.3) is 0 Å². The fraction of sp³-hybridized carbons (Fsp3) is 0.667. The first-order chi connectivity index (χ1) is 5.81. The van der Waals surface area contributed by atoms with Gasteiger partial charge >= 0.3 is 0 Å². The van der Waals surface area contributed by atoms with E-state index in [-0.39, 0.29) is 0 Å². The van der Waals surface area contributed by atoms with E-state index >= 15 is 0 Å². The average molecular weight is 166 g/mol. The fourth-order valence-corrected chi connectivity index (χ4v) is 1.16. The van der Waals surface area contributed by atoms with Crippen LogP contribution in [0.25, 0.3) is 0 Å². The molecule has 0 heteroatoms. The van der Waals surface area contributed by atoms with E-state index in [1.54, 1.807) is 0 Å². The lowest BCUT2D eigenvalue weighted by atomic mass is 10.1. The third kappa shape index (κ3) is 7.59. The minimum atomic E-state index is 1.22. The maximum absolute atomic E-state index is 3.72. The van der Waals surface area contributed by atoms with Crippen LogP contribution in [-0.4, -0.2) is 0 Å². The van der Waals surface area contributed by atoms with Crippen molar-refractivity contribution in [3.8, 4) is 0 Å². The zero-order chi connectivity index (χ0) is 9.23. The van der Waals surface area contributed by atoms with Crippen LogP contribution in [0.2, 0.25) is 0 Å². The molecule has 0 aliphatic heterocycles. The number of hydrogen-bond acceptors (Lipinski definition) is 0. The van der Waals surface area contributed by atoms with Crippen LogP contribution in [0.5, 0.6) is 0 Å². The second kappa shape index (κ2) is 8.58. The molecule has 0 saturated carbocycles. The predicted octanol–water partition coefficient (Wildman–Crippen LogP) is 4.48. The van der Waals surface area contributed by atoms with Gasteiger partial charge in [-0.3, -0.25) is 0 Å². The lowest BCUT2D eigenvalue weighted by molar-refractivity contribution is 0.637. The van der Waals surface area contributed by atoms with Crippen LogP contribution in [0, 0.1) is 0 Å². The minimum Gasteiger partial charge on any atom is -0.0988 e. The Labute approximate surface area is 77.4 Å². The van der Waals surface area contributed by atoms with Crippen molar-refractivity contribution in [3.05, 3.63) is 24.3 Å². The number of rotatable bonds is 7. The number of unbranched alkanes of at least 4 members (excludes halogenated alkanes) is 5. The summed E-state index contributed by atoms with van der Waals surface area (Å²) in [6, 6.07) is 0. The molecule has 0 atom stereocenters. The zero-order valence-electron chi connectivity index (χ0n) is 8.60. The van der Waals surface area contributed by atoms with Gasteiger partial charge in [-0.25, -0.2) is 0 Å². The van der Waals surface area contributed by atoms with Gasteiger partial charge in [-0.15, -0.1) is 0 Å². The van der Waals surface area contributed by atoms with Gasteiger partial charge < -0.3 is 0 Å². The summed E-state index contributed by atoms with van der Waals surface area (Å²) in [6.45, 7) is 8.08. The fourth-order valence-electron chi connectivity index (χ4n) is 1.16. The largest absolute Gasteiger partial charge is 0.0988 e. The molecule has 12 heavy (non-hydrogen) atoms. The summed E-state index contributed by atoms with van der Waals surface area (Å²) in [6.07, 6.45) is 12.3. The van der Waals surface area contributed by atoms with Crippen molar-refractivity contribution in [2.45, 2.75) is 52.4 Å². The molecule has 0 saturated heterocycles. The Hall–Kier alpha value is -0.520. The Bertz CT molecular complexity index is 131. The van der Waals surface area contributed by atoms with Crippen molar-refractivity contribution >= 4 is 0 Å². The Morgan fingerprint density at radius 3 is 2.42 bits per heavy atom. The van der Waals surface area contributed by atoms with Gasteiger partial charge in [0, 0.05) is 0 Å².